The molecule has 1 heterocycles. The smallest absolute Gasteiger partial charge is 0.131 e. The molecule has 3 nitrogen and oxygen atoms in total. The number of hydrogen-bond donors (Lipinski definition) is 1. The summed E-state index contributed by atoms with van der Waals surface area (Å²) in [7, 11) is 0. The average Bonchev–Trinajstić information content (AvgIpc) is 2.84. The highest BCUT2D eigenvalue weighted by Crippen LogP contribution is 2.16. The van der Waals surface area contributed by atoms with Crippen molar-refractivity contribution in [1.82, 2.24) is 10.3 Å². The Labute approximate surface area is 125 Å². The van der Waals surface area contributed by atoms with E-state index in [0.717, 1.165) is 29.4 Å². The van der Waals surface area contributed by atoms with Crippen LogP contribution in [0.1, 0.15) is 30.1 Å². The molecule has 1 aromatic heterocycles. The molecule has 0 aliphatic rings. The van der Waals surface area contributed by atoms with E-state index in [9.17, 15) is 0 Å². The Morgan fingerprint density at radius 1 is 1.30 bits per heavy atom. The van der Waals surface area contributed by atoms with Crippen LogP contribution < -0.4 is 10.1 Å². The molecule has 0 saturated heterocycles. The zero-order chi connectivity index (χ0) is 14.4. The first-order chi connectivity index (χ1) is 9.67. The maximum Gasteiger partial charge on any atom is 0.131 e. The fraction of sp³-hybridized carbons (Fsp3) is 0.438. The van der Waals surface area contributed by atoms with E-state index in [2.05, 4.69) is 36.3 Å². The summed E-state index contributed by atoms with van der Waals surface area (Å²) in [4.78, 5) is 4.39. The highest BCUT2D eigenvalue weighted by Gasteiger charge is 2.03. The topological polar surface area (TPSA) is 34.1 Å². The van der Waals surface area contributed by atoms with Gasteiger partial charge in [0.2, 0.25) is 0 Å². The largest absolute Gasteiger partial charge is 0.487 e. The van der Waals surface area contributed by atoms with Crippen molar-refractivity contribution in [2.75, 3.05) is 6.54 Å². The second kappa shape index (κ2) is 7.41. The summed E-state index contributed by atoms with van der Waals surface area (Å²) >= 11 is 1.66. The van der Waals surface area contributed by atoms with Crippen molar-refractivity contribution < 1.29 is 4.74 Å². The minimum Gasteiger partial charge on any atom is -0.487 e. The lowest BCUT2D eigenvalue weighted by Crippen LogP contribution is -2.27. The van der Waals surface area contributed by atoms with Crippen LogP contribution in [0.4, 0.5) is 0 Å². The van der Waals surface area contributed by atoms with Gasteiger partial charge in [0.1, 0.15) is 12.4 Å². The number of ether oxygens (including phenoxy) is 1. The van der Waals surface area contributed by atoms with Crippen molar-refractivity contribution in [3.63, 3.8) is 0 Å². The third kappa shape index (κ3) is 4.62. The third-order valence-corrected chi connectivity index (χ3v) is 3.89. The minimum atomic E-state index is 0.504. The summed E-state index contributed by atoms with van der Waals surface area (Å²) < 4.78 is 5.74. The lowest BCUT2D eigenvalue weighted by molar-refractivity contribution is 0.302. The number of rotatable bonds is 7. The van der Waals surface area contributed by atoms with Crippen molar-refractivity contribution in [3.05, 3.63) is 45.9 Å². The number of likely N-dealkylation sites (N-methyl/N-ethyl adjacent to an activating group) is 1. The van der Waals surface area contributed by atoms with Crippen molar-refractivity contribution in [3.8, 4) is 5.75 Å². The van der Waals surface area contributed by atoms with Gasteiger partial charge in [-0.3, -0.25) is 0 Å². The van der Waals surface area contributed by atoms with Gasteiger partial charge < -0.3 is 10.1 Å². The van der Waals surface area contributed by atoms with Gasteiger partial charge in [-0.05, 0) is 44.5 Å². The average molecular weight is 290 g/mol. The number of benzene rings is 1. The molecule has 0 aliphatic carbocycles. The van der Waals surface area contributed by atoms with Gasteiger partial charge >= 0.3 is 0 Å². The molecule has 0 bridgehead atoms. The number of aryl methyl sites for hydroxylation is 1. The van der Waals surface area contributed by atoms with Gasteiger partial charge in [-0.2, -0.15) is 0 Å². The molecule has 1 atom stereocenters. The highest BCUT2D eigenvalue weighted by atomic mass is 32.1. The Morgan fingerprint density at radius 3 is 2.65 bits per heavy atom. The van der Waals surface area contributed by atoms with Crippen LogP contribution in [0.5, 0.6) is 5.75 Å². The molecule has 0 fully saturated rings. The maximum absolute atomic E-state index is 5.74. The SMILES string of the molecule is CCNC(C)Cc1ccc(OCc2csc(C)n2)cc1. The van der Waals surface area contributed by atoms with Crippen LogP contribution in [0, 0.1) is 6.92 Å². The summed E-state index contributed by atoms with van der Waals surface area (Å²) in [6.07, 6.45) is 1.04. The molecule has 20 heavy (non-hydrogen) atoms. The maximum atomic E-state index is 5.74. The first kappa shape index (κ1) is 15.0. The molecule has 0 saturated carbocycles. The van der Waals surface area contributed by atoms with E-state index in [-0.39, 0.29) is 0 Å². The van der Waals surface area contributed by atoms with Crippen molar-refractivity contribution >= 4 is 11.3 Å². The molecule has 0 amide bonds. The molecule has 2 aromatic rings. The van der Waals surface area contributed by atoms with E-state index >= 15 is 0 Å². The Kier molecular flexibility index (Phi) is 5.56. The van der Waals surface area contributed by atoms with Gasteiger partial charge in [-0.15, -0.1) is 11.3 Å². The first-order valence-electron chi connectivity index (χ1n) is 7.03. The molecule has 108 valence electrons. The lowest BCUT2D eigenvalue weighted by atomic mass is 10.1. The normalized spacial score (nSPS) is 12.3. The third-order valence-electron chi connectivity index (χ3n) is 3.07. The standard InChI is InChI=1S/C16H22N2OS/c1-4-17-12(2)9-14-5-7-16(8-6-14)19-10-15-11-20-13(3)18-15/h5-8,11-12,17H,4,9-10H2,1-3H3. The number of aromatic nitrogens is 1. The Hall–Kier alpha value is -1.39. The fourth-order valence-electron chi connectivity index (χ4n) is 2.13. The monoisotopic (exact) mass is 290 g/mol. The fourth-order valence-corrected chi connectivity index (χ4v) is 2.73. The molecule has 1 unspecified atom stereocenters. The Bertz CT molecular complexity index is 522. The number of thiazole rings is 1. The number of nitrogens with one attached hydrogen (secondary N) is 1. The van der Waals surface area contributed by atoms with Crippen LogP contribution in [-0.2, 0) is 13.0 Å². The lowest BCUT2D eigenvalue weighted by Gasteiger charge is -2.12. The molecule has 0 radical (unpaired) electrons. The van der Waals surface area contributed by atoms with Crippen LogP contribution in [0.3, 0.4) is 0 Å². The molecule has 4 heteroatoms. The van der Waals surface area contributed by atoms with Gasteiger partial charge in [-0.25, -0.2) is 4.98 Å². The van der Waals surface area contributed by atoms with E-state index in [4.69, 9.17) is 4.74 Å². The number of hydrogen-bond acceptors (Lipinski definition) is 4. The van der Waals surface area contributed by atoms with Crippen LogP contribution >= 0.6 is 11.3 Å². The predicted octanol–water partition coefficient (Wildman–Crippen LogP) is 3.57. The zero-order valence-corrected chi connectivity index (χ0v) is 13.2. The van der Waals surface area contributed by atoms with E-state index < -0.39 is 0 Å². The predicted molar refractivity (Wildman–Crippen MR) is 84.5 cm³/mol. The quantitative estimate of drug-likeness (QED) is 0.846. The molecular weight excluding hydrogens is 268 g/mol. The van der Waals surface area contributed by atoms with Crippen LogP contribution in [-0.4, -0.2) is 17.6 Å². The minimum absolute atomic E-state index is 0.504. The van der Waals surface area contributed by atoms with Crippen molar-refractivity contribution in [1.29, 1.82) is 0 Å². The first-order valence-corrected chi connectivity index (χ1v) is 7.91. The number of nitrogens with zero attached hydrogens (tertiary/aromatic N) is 1. The molecular formula is C16H22N2OS. The summed E-state index contributed by atoms with van der Waals surface area (Å²) in [5, 5.41) is 6.54. The van der Waals surface area contributed by atoms with Crippen LogP contribution in [0.25, 0.3) is 0 Å². The summed E-state index contributed by atoms with van der Waals surface area (Å²) in [5.41, 5.74) is 2.33. The Morgan fingerprint density at radius 2 is 2.05 bits per heavy atom. The van der Waals surface area contributed by atoms with Gasteiger partial charge in [0, 0.05) is 11.4 Å². The summed E-state index contributed by atoms with van der Waals surface area (Å²) in [5.74, 6) is 0.899. The van der Waals surface area contributed by atoms with Gasteiger partial charge in [-0.1, -0.05) is 19.1 Å². The molecule has 1 aromatic carbocycles. The molecule has 2 rings (SSSR count). The molecule has 0 spiro atoms. The van der Waals surface area contributed by atoms with Crippen LogP contribution in [0.15, 0.2) is 29.6 Å². The zero-order valence-electron chi connectivity index (χ0n) is 12.3. The second-order valence-electron chi connectivity index (χ2n) is 4.95. The van der Waals surface area contributed by atoms with Gasteiger partial charge in [0.05, 0.1) is 10.7 Å². The summed E-state index contributed by atoms with van der Waals surface area (Å²) in [6, 6.07) is 8.84. The van der Waals surface area contributed by atoms with Crippen LogP contribution in [0.2, 0.25) is 0 Å². The van der Waals surface area contributed by atoms with E-state index in [0.29, 0.717) is 12.6 Å². The molecule has 1 N–H and O–H groups in total. The molecule has 0 aliphatic heterocycles. The summed E-state index contributed by atoms with van der Waals surface area (Å²) in [6.45, 7) is 7.90. The van der Waals surface area contributed by atoms with E-state index in [1.54, 1.807) is 11.3 Å². The van der Waals surface area contributed by atoms with E-state index in [1.807, 2.05) is 24.4 Å². The Balaban J connectivity index is 1.85. The van der Waals surface area contributed by atoms with Crippen molar-refractivity contribution in [2.24, 2.45) is 0 Å². The second-order valence-corrected chi connectivity index (χ2v) is 6.02. The highest BCUT2D eigenvalue weighted by molar-refractivity contribution is 7.09. The van der Waals surface area contributed by atoms with Gasteiger partial charge in [0.25, 0.3) is 0 Å². The van der Waals surface area contributed by atoms with E-state index in [1.165, 1.54) is 5.56 Å². The van der Waals surface area contributed by atoms with Crippen molar-refractivity contribution in [2.45, 2.75) is 39.8 Å². The van der Waals surface area contributed by atoms with Gasteiger partial charge in [0.15, 0.2) is 0 Å².